The highest BCUT2D eigenvalue weighted by Crippen LogP contribution is 2.24. The maximum Gasteiger partial charge on any atom is 0.251 e. The van der Waals surface area contributed by atoms with Crippen molar-refractivity contribution in [2.75, 3.05) is 11.9 Å². The molecule has 3 N–H and O–H groups in total. The number of thioether (sulfide) groups is 1. The molecule has 4 aromatic carbocycles. The number of rotatable bonds is 11. The van der Waals surface area contributed by atoms with Crippen LogP contribution >= 0.6 is 11.8 Å². The third-order valence-electron chi connectivity index (χ3n) is 5.80. The van der Waals surface area contributed by atoms with Crippen molar-refractivity contribution < 1.29 is 14.3 Å². The third kappa shape index (κ3) is 7.70. The molecule has 4 nitrogen and oxygen atoms in total. The van der Waals surface area contributed by atoms with E-state index in [0.29, 0.717) is 12.0 Å². The number of benzene rings is 4. The second-order valence-electron chi connectivity index (χ2n) is 8.52. The smallest absolute Gasteiger partial charge is 0.251 e. The lowest BCUT2D eigenvalue weighted by atomic mass is 10.0. The van der Waals surface area contributed by atoms with E-state index in [0.717, 1.165) is 17.0 Å². The second kappa shape index (κ2) is 12.9. The van der Waals surface area contributed by atoms with Gasteiger partial charge in [-0.25, -0.2) is 4.39 Å². The van der Waals surface area contributed by atoms with Gasteiger partial charge in [-0.15, -0.1) is 11.8 Å². The molecule has 6 heteroatoms. The van der Waals surface area contributed by atoms with Gasteiger partial charge in [0.2, 0.25) is 0 Å². The van der Waals surface area contributed by atoms with Crippen LogP contribution < -0.4 is 10.6 Å². The molecule has 0 aromatic heterocycles. The molecule has 2 atom stereocenters. The molecule has 0 heterocycles. The van der Waals surface area contributed by atoms with Crippen molar-refractivity contribution >= 4 is 23.4 Å². The fraction of sp³-hybridized carbons (Fsp3) is 0.167. The van der Waals surface area contributed by atoms with Gasteiger partial charge in [-0.2, -0.15) is 0 Å². The largest absolute Gasteiger partial charge is 0.389 e. The molecule has 0 aliphatic rings. The summed E-state index contributed by atoms with van der Waals surface area (Å²) in [5.74, 6) is 0.150. The van der Waals surface area contributed by atoms with Gasteiger partial charge in [0.1, 0.15) is 5.82 Å². The van der Waals surface area contributed by atoms with E-state index in [1.165, 1.54) is 34.7 Å². The Hall–Kier alpha value is -3.61. The van der Waals surface area contributed by atoms with Crippen molar-refractivity contribution in [2.24, 2.45) is 0 Å². The Morgan fingerprint density at radius 2 is 1.42 bits per heavy atom. The van der Waals surface area contributed by atoms with E-state index >= 15 is 0 Å². The van der Waals surface area contributed by atoms with Crippen LogP contribution in [0.1, 0.15) is 21.5 Å². The van der Waals surface area contributed by atoms with Crippen molar-refractivity contribution in [3.05, 3.63) is 132 Å². The first-order valence-corrected chi connectivity index (χ1v) is 12.8. The number of hydrogen-bond donors (Lipinski definition) is 3. The molecule has 1 amide bonds. The first-order valence-electron chi connectivity index (χ1n) is 11.9. The molecule has 184 valence electrons. The first kappa shape index (κ1) is 25.5. The van der Waals surface area contributed by atoms with Crippen molar-refractivity contribution in [2.45, 2.75) is 29.2 Å². The molecular weight excluding hydrogens is 471 g/mol. The summed E-state index contributed by atoms with van der Waals surface area (Å²) in [4.78, 5) is 13.9. The Bertz CT molecular complexity index is 1220. The van der Waals surface area contributed by atoms with Gasteiger partial charge in [0.05, 0.1) is 12.1 Å². The standard InChI is InChI=1S/C30H29FN2O2S/c31-25-13-11-24(12-14-25)30(35)33-28(19-22-7-3-1-4-8-22)29(34)20-32-26-15-17-27(18-16-26)36-21-23-9-5-2-6-10-23/h1-18,28-29,32,34H,19-21H2,(H,33,35)/t28-,29-/m0/s1. The van der Waals surface area contributed by atoms with Crippen LogP contribution in [-0.2, 0) is 12.2 Å². The predicted molar refractivity (Wildman–Crippen MR) is 145 cm³/mol. The Morgan fingerprint density at radius 3 is 2.06 bits per heavy atom. The molecule has 4 rings (SSSR count). The number of aliphatic hydroxyl groups excluding tert-OH is 1. The van der Waals surface area contributed by atoms with Crippen LogP contribution in [0.4, 0.5) is 10.1 Å². The topological polar surface area (TPSA) is 61.4 Å². The monoisotopic (exact) mass is 500 g/mol. The van der Waals surface area contributed by atoms with Crippen LogP contribution in [0.25, 0.3) is 0 Å². The highest BCUT2D eigenvalue weighted by molar-refractivity contribution is 7.98. The normalized spacial score (nSPS) is 12.5. The number of anilines is 1. The minimum absolute atomic E-state index is 0.262. The van der Waals surface area contributed by atoms with E-state index < -0.39 is 18.0 Å². The van der Waals surface area contributed by atoms with Crippen LogP contribution in [0, 0.1) is 5.82 Å². The Morgan fingerprint density at radius 1 is 0.806 bits per heavy atom. The maximum absolute atomic E-state index is 13.3. The number of amides is 1. The van der Waals surface area contributed by atoms with E-state index in [1.54, 1.807) is 11.8 Å². The number of hydrogen-bond acceptors (Lipinski definition) is 4. The first-order chi connectivity index (χ1) is 17.6. The van der Waals surface area contributed by atoms with Crippen LogP contribution in [0.5, 0.6) is 0 Å². The highest BCUT2D eigenvalue weighted by Gasteiger charge is 2.22. The molecule has 0 fully saturated rings. The average molecular weight is 501 g/mol. The van der Waals surface area contributed by atoms with Crippen LogP contribution in [-0.4, -0.2) is 29.7 Å². The lowest BCUT2D eigenvalue weighted by Gasteiger charge is -2.25. The van der Waals surface area contributed by atoms with Crippen molar-refractivity contribution in [3.8, 4) is 0 Å². The SMILES string of the molecule is O=C(N[C@@H](Cc1ccccc1)[C@@H](O)CNc1ccc(SCc2ccccc2)cc1)c1ccc(F)cc1. The van der Waals surface area contributed by atoms with Gasteiger partial charge in [-0.05, 0) is 66.1 Å². The minimum atomic E-state index is -0.846. The fourth-order valence-electron chi connectivity index (χ4n) is 3.78. The zero-order valence-electron chi connectivity index (χ0n) is 19.8. The molecule has 4 aromatic rings. The Labute approximate surface area is 215 Å². The van der Waals surface area contributed by atoms with Crippen LogP contribution in [0.3, 0.4) is 0 Å². The third-order valence-corrected chi connectivity index (χ3v) is 6.89. The maximum atomic E-state index is 13.3. The zero-order chi connectivity index (χ0) is 25.2. The van der Waals surface area contributed by atoms with Crippen molar-refractivity contribution in [1.82, 2.24) is 5.32 Å². The summed E-state index contributed by atoms with van der Waals surface area (Å²) in [6, 6.07) is 33.0. The van der Waals surface area contributed by atoms with Crippen LogP contribution in [0.15, 0.2) is 114 Å². The molecule has 0 bridgehead atoms. The van der Waals surface area contributed by atoms with Gasteiger partial charge in [-0.1, -0.05) is 60.7 Å². The number of aliphatic hydroxyl groups is 1. The van der Waals surface area contributed by atoms with E-state index in [2.05, 4.69) is 34.9 Å². The van der Waals surface area contributed by atoms with Gasteiger partial charge >= 0.3 is 0 Å². The number of carbonyl (C=O) groups is 1. The van der Waals surface area contributed by atoms with Gasteiger partial charge in [0, 0.05) is 28.4 Å². The second-order valence-corrected chi connectivity index (χ2v) is 9.57. The molecule has 0 aliphatic heterocycles. The summed E-state index contributed by atoms with van der Waals surface area (Å²) in [5, 5.41) is 17.2. The number of nitrogens with one attached hydrogen (secondary N) is 2. The quantitative estimate of drug-likeness (QED) is 0.223. The van der Waals surface area contributed by atoms with E-state index in [-0.39, 0.29) is 12.5 Å². The molecule has 0 unspecified atom stereocenters. The molecule has 36 heavy (non-hydrogen) atoms. The summed E-state index contributed by atoms with van der Waals surface area (Å²) in [6.07, 6.45) is -0.382. The number of carbonyl (C=O) groups excluding carboxylic acids is 1. The van der Waals surface area contributed by atoms with E-state index in [9.17, 15) is 14.3 Å². The molecule has 0 aliphatic carbocycles. The van der Waals surface area contributed by atoms with Gasteiger partial charge in [0.25, 0.3) is 5.91 Å². The average Bonchev–Trinajstić information content (AvgIpc) is 2.92. The Balaban J connectivity index is 1.35. The Kier molecular flexibility index (Phi) is 9.14. The predicted octanol–water partition coefficient (Wildman–Crippen LogP) is 5.93. The van der Waals surface area contributed by atoms with Crippen molar-refractivity contribution in [1.29, 1.82) is 0 Å². The molecule has 0 saturated carbocycles. The summed E-state index contributed by atoms with van der Waals surface area (Å²) >= 11 is 1.77. The summed E-state index contributed by atoms with van der Waals surface area (Å²) in [7, 11) is 0. The van der Waals surface area contributed by atoms with Gasteiger partial charge in [-0.3, -0.25) is 4.79 Å². The van der Waals surface area contributed by atoms with Gasteiger partial charge < -0.3 is 15.7 Å². The summed E-state index contributed by atoms with van der Waals surface area (Å²) in [5.41, 5.74) is 3.51. The summed E-state index contributed by atoms with van der Waals surface area (Å²) in [6.45, 7) is 0.262. The summed E-state index contributed by atoms with van der Waals surface area (Å²) < 4.78 is 13.3. The fourth-order valence-corrected chi connectivity index (χ4v) is 4.63. The molecular formula is C30H29FN2O2S. The molecule has 0 spiro atoms. The lowest BCUT2D eigenvalue weighted by Crippen LogP contribution is -2.47. The zero-order valence-corrected chi connectivity index (χ0v) is 20.6. The molecule has 0 saturated heterocycles. The van der Waals surface area contributed by atoms with E-state index in [1.807, 2.05) is 60.7 Å². The van der Waals surface area contributed by atoms with Crippen molar-refractivity contribution in [3.63, 3.8) is 0 Å². The van der Waals surface area contributed by atoms with E-state index in [4.69, 9.17) is 0 Å². The minimum Gasteiger partial charge on any atom is -0.389 e. The highest BCUT2D eigenvalue weighted by atomic mass is 32.2. The van der Waals surface area contributed by atoms with Gasteiger partial charge in [0.15, 0.2) is 0 Å². The van der Waals surface area contributed by atoms with Crippen LogP contribution in [0.2, 0.25) is 0 Å². The molecule has 0 radical (unpaired) electrons. The lowest BCUT2D eigenvalue weighted by molar-refractivity contribution is 0.0851. The number of halogens is 1.